The summed E-state index contributed by atoms with van der Waals surface area (Å²) in [6.07, 6.45) is 1.19. The van der Waals surface area contributed by atoms with Crippen molar-refractivity contribution in [3.8, 4) is 0 Å². The third-order valence-electron chi connectivity index (χ3n) is 2.87. The molecule has 0 saturated carbocycles. The quantitative estimate of drug-likeness (QED) is 0.778. The number of thioether (sulfide) groups is 1. The first-order chi connectivity index (χ1) is 8.90. The van der Waals surface area contributed by atoms with E-state index in [-0.39, 0.29) is 21.4 Å². The fraction of sp³-hybridized carbons (Fsp3) is 0.143. The van der Waals surface area contributed by atoms with Crippen molar-refractivity contribution in [2.45, 2.75) is 18.7 Å². The molecule has 0 saturated heterocycles. The highest BCUT2D eigenvalue weighted by Gasteiger charge is 2.24. The molecule has 1 aliphatic carbocycles. The van der Waals surface area contributed by atoms with E-state index in [1.54, 1.807) is 13.8 Å². The molecule has 1 aromatic rings. The van der Waals surface area contributed by atoms with E-state index >= 15 is 0 Å². The monoisotopic (exact) mass is 280 g/mol. The molecule has 1 aliphatic rings. The number of Topliss-reactive ketones (excluding diaryl/α,β-unsaturated/α-hetero) is 1. The Morgan fingerprint density at radius 3 is 2.37 bits per heavy atom. The minimum Gasteiger partial charge on any atom is -0.290 e. The van der Waals surface area contributed by atoms with Crippen LogP contribution in [0.15, 0.2) is 45.2 Å². The molecule has 0 atom stereocenters. The third-order valence-corrected chi connectivity index (χ3v) is 3.95. The Bertz CT molecular complexity index is 645. The molecule has 1 aromatic carbocycles. The number of carbonyl (C=O) groups excluding carboxylic acids is 2. The summed E-state index contributed by atoms with van der Waals surface area (Å²) in [4.78, 5) is 23.9. The van der Waals surface area contributed by atoms with Crippen LogP contribution in [0.3, 0.4) is 0 Å². The molecule has 0 N–H and O–H groups in total. The molecule has 0 bridgehead atoms. The van der Waals surface area contributed by atoms with E-state index in [0.29, 0.717) is 11.1 Å². The van der Waals surface area contributed by atoms with E-state index in [1.165, 1.54) is 12.1 Å². The Morgan fingerprint density at radius 1 is 1.05 bits per heavy atom. The number of rotatable bonds is 2. The van der Waals surface area contributed by atoms with E-state index < -0.39 is 11.6 Å². The first-order valence-electron chi connectivity index (χ1n) is 5.51. The molecular weight excluding hydrogens is 270 g/mol. The van der Waals surface area contributed by atoms with Gasteiger partial charge in [-0.05, 0) is 26.0 Å². The smallest absolute Gasteiger partial charge is 0.195 e. The lowest BCUT2D eigenvalue weighted by Gasteiger charge is -2.13. The summed E-state index contributed by atoms with van der Waals surface area (Å²) in [5, 5.41) is 0. The van der Waals surface area contributed by atoms with Crippen molar-refractivity contribution in [3.05, 3.63) is 52.0 Å². The molecule has 0 fully saturated rings. The van der Waals surface area contributed by atoms with Crippen LogP contribution < -0.4 is 0 Å². The van der Waals surface area contributed by atoms with Crippen LogP contribution in [0, 0.1) is 11.6 Å². The lowest BCUT2D eigenvalue weighted by atomic mass is 9.97. The van der Waals surface area contributed by atoms with Gasteiger partial charge in [0.25, 0.3) is 0 Å². The molecule has 2 nitrogen and oxygen atoms in total. The van der Waals surface area contributed by atoms with E-state index in [2.05, 4.69) is 0 Å². The summed E-state index contributed by atoms with van der Waals surface area (Å²) in [6, 6.07) is 3.09. The van der Waals surface area contributed by atoms with Gasteiger partial charge < -0.3 is 0 Å². The van der Waals surface area contributed by atoms with Crippen LogP contribution in [-0.2, 0) is 9.59 Å². The molecule has 98 valence electrons. The zero-order chi connectivity index (χ0) is 14.2. The zero-order valence-electron chi connectivity index (χ0n) is 10.3. The molecule has 2 rings (SSSR count). The molecule has 5 heteroatoms. The molecule has 19 heavy (non-hydrogen) atoms. The van der Waals surface area contributed by atoms with Gasteiger partial charge in [0.2, 0.25) is 0 Å². The average molecular weight is 280 g/mol. The second kappa shape index (κ2) is 5.09. The minimum atomic E-state index is -0.755. The topological polar surface area (TPSA) is 34.1 Å². The Kier molecular flexibility index (Phi) is 3.66. The second-order valence-corrected chi connectivity index (χ2v) is 5.21. The third kappa shape index (κ3) is 2.66. The van der Waals surface area contributed by atoms with Crippen molar-refractivity contribution in [1.29, 1.82) is 0 Å². The van der Waals surface area contributed by atoms with Crippen LogP contribution in [0.4, 0.5) is 8.78 Å². The van der Waals surface area contributed by atoms with Crippen molar-refractivity contribution in [2.75, 3.05) is 0 Å². The van der Waals surface area contributed by atoms with E-state index in [1.807, 2.05) is 0 Å². The highest BCUT2D eigenvalue weighted by atomic mass is 32.2. The van der Waals surface area contributed by atoms with Crippen LogP contribution in [0.25, 0.3) is 0 Å². The summed E-state index contributed by atoms with van der Waals surface area (Å²) in [7, 11) is 0. The second-order valence-electron chi connectivity index (χ2n) is 4.13. The number of hydrogen-bond acceptors (Lipinski definition) is 3. The largest absolute Gasteiger partial charge is 0.290 e. The lowest BCUT2D eigenvalue weighted by Crippen LogP contribution is -2.14. The van der Waals surface area contributed by atoms with Gasteiger partial charge >= 0.3 is 0 Å². The Morgan fingerprint density at radius 2 is 1.74 bits per heavy atom. The summed E-state index contributed by atoms with van der Waals surface area (Å²) in [6.45, 7) is 3.14. The van der Waals surface area contributed by atoms with Crippen LogP contribution in [-0.4, -0.2) is 11.6 Å². The van der Waals surface area contributed by atoms with Gasteiger partial charge in [0.1, 0.15) is 11.6 Å². The average Bonchev–Trinajstić information content (AvgIpc) is 2.36. The molecular formula is C14H10F2O2S. The van der Waals surface area contributed by atoms with Crippen LogP contribution in [0.1, 0.15) is 13.8 Å². The highest BCUT2D eigenvalue weighted by molar-refractivity contribution is 8.04. The van der Waals surface area contributed by atoms with Crippen molar-refractivity contribution in [1.82, 2.24) is 0 Å². The summed E-state index contributed by atoms with van der Waals surface area (Å²) < 4.78 is 26.3. The first kappa shape index (κ1) is 13.7. The number of halogens is 2. The minimum absolute atomic E-state index is 0.112. The molecule has 0 radical (unpaired) electrons. The predicted molar refractivity (Wildman–Crippen MR) is 68.7 cm³/mol. The predicted octanol–water partition coefficient (Wildman–Crippen LogP) is 3.43. The number of ketones is 2. The SMILES string of the molecule is CC1=C(C)C(=O)C(Sc2ccc(F)cc2F)=CC1=O. The number of allylic oxidation sites excluding steroid dienone is 4. The lowest BCUT2D eigenvalue weighted by molar-refractivity contribution is -0.115. The fourth-order valence-electron chi connectivity index (χ4n) is 1.59. The van der Waals surface area contributed by atoms with Crippen LogP contribution in [0.2, 0.25) is 0 Å². The van der Waals surface area contributed by atoms with Gasteiger partial charge in [0.05, 0.1) is 4.91 Å². The first-order valence-corrected chi connectivity index (χ1v) is 6.33. The van der Waals surface area contributed by atoms with Gasteiger partial charge in [-0.15, -0.1) is 0 Å². The van der Waals surface area contributed by atoms with Crippen molar-refractivity contribution < 1.29 is 18.4 Å². The fourth-order valence-corrected chi connectivity index (χ4v) is 2.53. The van der Waals surface area contributed by atoms with Gasteiger partial charge in [-0.1, -0.05) is 11.8 Å². The summed E-state index contributed by atoms with van der Waals surface area (Å²) in [5.41, 5.74) is 0.756. The van der Waals surface area contributed by atoms with Crippen LogP contribution >= 0.6 is 11.8 Å². The van der Waals surface area contributed by atoms with Crippen LogP contribution in [0.5, 0.6) is 0 Å². The zero-order valence-corrected chi connectivity index (χ0v) is 11.1. The van der Waals surface area contributed by atoms with Gasteiger partial charge in [0, 0.05) is 28.2 Å². The van der Waals surface area contributed by atoms with E-state index in [4.69, 9.17) is 0 Å². The standard InChI is InChI=1S/C14H10F2O2S/c1-7-8(2)14(18)13(6-11(7)17)19-12-4-3-9(15)5-10(12)16/h3-6H,1-2H3. The van der Waals surface area contributed by atoms with E-state index in [0.717, 1.165) is 23.9 Å². The van der Waals surface area contributed by atoms with Crippen molar-refractivity contribution in [2.24, 2.45) is 0 Å². The number of benzene rings is 1. The van der Waals surface area contributed by atoms with Crippen molar-refractivity contribution in [3.63, 3.8) is 0 Å². The molecule has 0 aliphatic heterocycles. The molecule has 0 amide bonds. The highest BCUT2D eigenvalue weighted by Crippen LogP contribution is 2.34. The Labute approximate surface area is 113 Å². The van der Waals surface area contributed by atoms with Gasteiger partial charge in [0.15, 0.2) is 11.6 Å². The maximum absolute atomic E-state index is 13.5. The molecule has 0 unspecified atom stereocenters. The molecule has 0 spiro atoms. The Balaban J connectivity index is 2.32. The molecule has 0 aromatic heterocycles. The van der Waals surface area contributed by atoms with E-state index in [9.17, 15) is 18.4 Å². The number of carbonyl (C=O) groups is 2. The summed E-state index contributed by atoms with van der Waals surface area (Å²) in [5.74, 6) is -2.00. The maximum atomic E-state index is 13.5. The normalized spacial score (nSPS) is 15.9. The molecule has 0 heterocycles. The maximum Gasteiger partial charge on any atom is 0.195 e. The summed E-state index contributed by atoms with van der Waals surface area (Å²) >= 11 is 0.832. The number of hydrogen-bond donors (Lipinski definition) is 0. The van der Waals surface area contributed by atoms with Gasteiger partial charge in [-0.3, -0.25) is 9.59 Å². The van der Waals surface area contributed by atoms with Crippen molar-refractivity contribution >= 4 is 23.3 Å². The van der Waals surface area contributed by atoms with Gasteiger partial charge in [-0.2, -0.15) is 0 Å². The Hall–Kier alpha value is -1.75. The van der Waals surface area contributed by atoms with Gasteiger partial charge in [-0.25, -0.2) is 8.78 Å².